The summed E-state index contributed by atoms with van der Waals surface area (Å²) >= 11 is 6.40. The first-order valence-corrected chi connectivity index (χ1v) is 11.1. The molecule has 0 radical (unpaired) electrons. The average molecular weight is 454 g/mol. The van der Waals surface area contributed by atoms with E-state index in [9.17, 15) is 19.5 Å². The smallest absolute Gasteiger partial charge is 0.250 e. The van der Waals surface area contributed by atoms with Crippen LogP contribution >= 0.6 is 11.6 Å². The molecule has 2 saturated heterocycles. The van der Waals surface area contributed by atoms with Crippen molar-refractivity contribution in [3.63, 3.8) is 0 Å². The number of carbonyl (C=O) groups excluding carboxylic acids is 3. The minimum absolute atomic E-state index is 0.223. The quantitative estimate of drug-likeness (QED) is 0.615. The molecule has 166 valence electrons. The van der Waals surface area contributed by atoms with Crippen molar-refractivity contribution < 1.29 is 19.5 Å². The molecule has 32 heavy (non-hydrogen) atoms. The molecule has 5 rings (SSSR count). The fourth-order valence-electron chi connectivity index (χ4n) is 5.50. The van der Waals surface area contributed by atoms with Gasteiger partial charge in [0.2, 0.25) is 17.7 Å². The molecular weight excluding hydrogens is 430 g/mol. The SMILES string of the molecule is Cc1cc(Cl)c2c(c1)[C@@]1(N[C@@H]([C@@H](C)O)[C@H]3C(=O)N(CCc4ccccc4)C(=O)[C@@H]31)C(=O)N2. The fraction of sp³-hybridized carbons (Fsp3) is 0.375. The van der Waals surface area contributed by atoms with Gasteiger partial charge in [0.25, 0.3) is 0 Å². The van der Waals surface area contributed by atoms with Gasteiger partial charge in [0.1, 0.15) is 5.54 Å². The number of nitrogens with one attached hydrogen (secondary N) is 2. The third-order valence-corrected chi connectivity index (χ3v) is 7.23. The number of carbonyl (C=O) groups is 3. The van der Waals surface area contributed by atoms with Crippen LogP contribution in [0.5, 0.6) is 0 Å². The maximum absolute atomic E-state index is 13.6. The minimum Gasteiger partial charge on any atom is -0.392 e. The summed E-state index contributed by atoms with van der Waals surface area (Å²) in [6, 6.07) is 12.4. The first-order valence-electron chi connectivity index (χ1n) is 10.7. The Kier molecular flexibility index (Phi) is 4.89. The Balaban J connectivity index is 1.58. The maximum atomic E-state index is 13.6. The molecular formula is C24H24ClN3O4. The second-order valence-corrected chi connectivity index (χ2v) is 9.32. The lowest BCUT2D eigenvalue weighted by Crippen LogP contribution is -2.55. The topological polar surface area (TPSA) is 98.7 Å². The highest BCUT2D eigenvalue weighted by molar-refractivity contribution is 6.35. The van der Waals surface area contributed by atoms with E-state index in [0.29, 0.717) is 22.7 Å². The number of aryl methyl sites for hydroxylation is 1. The van der Waals surface area contributed by atoms with Crippen molar-refractivity contribution in [2.75, 3.05) is 11.9 Å². The molecule has 7 nitrogen and oxygen atoms in total. The molecule has 3 aliphatic rings. The lowest BCUT2D eigenvalue weighted by Gasteiger charge is -2.30. The number of rotatable bonds is 4. The summed E-state index contributed by atoms with van der Waals surface area (Å²) in [7, 11) is 0. The lowest BCUT2D eigenvalue weighted by molar-refractivity contribution is -0.143. The zero-order valence-electron chi connectivity index (χ0n) is 17.8. The van der Waals surface area contributed by atoms with E-state index in [2.05, 4.69) is 10.6 Å². The number of benzene rings is 2. The Bertz CT molecular complexity index is 1140. The third-order valence-electron chi connectivity index (χ3n) is 6.93. The van der Waals surface area contributed by atoms with Crippen LogP contribution in [0, 0.1) is 18.8 Å². The van der Waals surface area contributed by atoms with Gasteiger partial charge < -0.3 is 10.4 Å². The van der Waals surface area contributed by atoms with Gasteiger partial charge in [-0.25, -0.2) is 0 Å². The number of fused-ring (bicyclic) bond motifs is 4. The maximum Gasteiger partial charge on any atom is 0.250 e. The molecule has 0 aromatic heterocycles. The number of hydrogen-bond donors (Lipinski definition) is 3. The van der Waals surface area contributed by atoms with Crippen LogP contribution in [-0.4, -0.2) is 46.4 Å². The molecule has 2 fully saturated rings. The van der Waals surface area contributed by atoms with Gasteiger partial charge >= 0.3 is 0 Å². The first kappa shape index (κ1) is 21.1. The predicted octanol–water partition coefficient (Wildman–Crippen LogP) is 1.99. The molecule has 0 saturated carbocycles. The molecule has 1 spiro atoms. The molecule has 8 heteroatoms. The van der Waals surface area contributed by atoms with E-state index < -0.39 is 41.3 Å². The van der Waals surface area contributed by atoms with E-state index in [-0.39, 0.29) is 12.5 Å². The number of imide groups is 1. The Hall–Kier alpha value is -2.74. The van der Waals surface area contributed by atoms with Crippen LogP contribution in [0.25, 0.3) is 0 Å². The van der Waals surface area contributed by atoms with E-state index in [1.807, 2.05) is 43.3 Å². The van der Waals surface area contributed by atoms with Crippen molar-refractivity contribution in [1.82, 2.24) is 10.2 Å². The van der Waals surface area contributed by atoms with Gasteiger partial charge in [-0.1, -0.05) is 48.0 Å². The van der Waals surface area contributed by atoms with E-state index in [4.69, 9.17) is 11.6 Å². The molecule has 3 heterocycles. The number of likely N-dealkylation sites (tertiary alicyclic amines) is 1. The van der Waals surface area contributed by atoms with Gasteiger partial charge in [0.15, 0.2) is 0 Å². The van der Waals surface area contributed by atoms with Crippen molar-refractivity contribution in [2.45, 2.75) is 38.0 Å². The van der Waals surface area contributed by atoms with Gasteiger partial charge in [-0.2, -0.15) is 0 Å². The number of nitrogens with zero attached hydrogens (tertiary/aromatic N) is 1. The molecule has 5 atom stereocenters. The summed E-state index contributed by atoms with van der Waals surface area (Å²) in [4.78, 5) is 41.7. The van der Waals surface area contributed by atoms with Crippen LogP contribution in [0.3, 0.4) is 0 Å². The second kappa shape index (κ2) is 7.40. The van der Waals surface area contributed by atoms with Crippen LogP contribution in [0.1, 0.15) is 23.6 Å². The van der Waals surface area contributed by atoms with Crippen LogP contribution in [0.15, 0.2) is 42.5 Å². The summed E-state index contributed by atoms with van der Waals surface area (Å²) in [5.41, 5.74) is 1.39. The van der Waals surface area contributed by atoms with Gasteiger partial charge in [-0.3, -0.25) is 24.6 Å². The van der Waals surface area contributed by atoms with Crippen molar-refractivity contribution in [3.05, 3.63) is 64.2 Å². The highest BCUT2D eigenvalue weighted by Gasteiger charge is 2.71. The van der Waals surface area contributed by atoms with Crippen LogP contribution in [0.4, 0.5) is 5.69 Å². The van der Waals surface area contributed by atoms with Crippen molar-refractivity contribution in [1.29, 1.82) is 0 Å². The fourth-order valence-corrected chi connectivity index (χ4v) is 5.83. The molecule has 2 aromatic rings. The van der Waals surface area contributed by atoms with E-state index in [1.165, 1.54) is 4.90 Å². The summed E-state index contributed by atoms with van der Waals surface area (Å²) in [6.07, 6.45) is -0.421. The van der Waals surface area contributed by atoms with Crippen LogP contribution in [-0.2, 0) is 26.3 Å². The molecule has 3 N–H and O–H groups in total. The monoisotopic (exact) mass is 453 g/mol. The Labute approximate surface area is 190 Å². The van der Waals surface area contributed by atoms with Gasteiger partial charge in [0.05, 0.1) is 28.6 Å². The zero-order chi connectivity index (χ0) is 22.8. The van der Waals surface area contributed by atoms with Crippen LogP contribution < -0.4 is 10.6 Å². The van der Waals surface area contributed by atoms with Crippen molar-refractivity contribution in [3.8, 4) is 0 Å². The Morgan fingerprint density at radius 1 is 1.16 bits per heavy atom. The van der Waals surface area contributed by atoms with Gasteiger partial charge in [-0.15, -0.1) is 0 Å². The number of amides is 3. The van der Waals surface area contributed by atoms with E-state index in [0.717, 1.165) is 11.1 Å². The number of aliphatic hydroxyl groups is 1. The normalized spacial score (nSPS) is 29.4. The number of halogens is 1. The third kappa shape index (κ3) is 2.85. The molecule has 0 bridgehead atoms. The number of hydrogen-bond acceptors (Lipinski definition) is 5. The summed E-state index contributed by atoms with van der Waals surface area (Å²) in [5.74, 6) is -2.97. The Morgan fingerprint density at radius 3 is 2.56 bits per heavy atom. The number of anilines is 1. The summed E-state index contributed by atoms with van der Waals surface area (Å²) in [5, 5.41) is 16.9. The molecule has 3 aliphatic heterocycles. The zero-order valence-corrected chi connectivity index (χ0v) is 18.5. The minimum atomic E-state index is -1.45. The predicted molar refractivity (Wildman–Crippen MR) is 119 cm³/mol. The van der Waals surface area contributed by atoms with Crippen molar-refractivity contribution >= 4 is 35.0 Å². The van der Waals surface area contributed by atoms with Gasteiger partial charge in [0, 0.05) is 18.2 Å². The molecule has 3 amide bonds. The highest BCUT2D eigenvalue weighted by atomic mass is 35.5. The van der Waals surface area contributed by atoms with E-state index in [1.54, 1.807) is 13.0 Å². The standard InChI is InChI=1S/C24H24ClN3O4/c1-12-10-15-20(16(25)11-12)26-23(32)24(15)18-17(19(27-24)13(2)29)21(30)28(22(18)31)9-8-14-6-4-3-5-7-14/h3-7,10-11,13,17-19,27,29H,8-9H2,1-2H3,(H,26,32)/t13-,17+,18-,19+,24+/m1/s1. The first-order chi connectivity index (χ1) is 15.3. The highest BCUT2D eigenvalue weighted by Crippen LogP contribution is 2.54. The van der Waals surface area contributed by atoms with Crippen LogP contribution in [0.2, 0.25) is 5.02 Å². The second-order valence-electron chi connectivity index (χ2n) is 8.91. The number of aliphatic hydroxyl groups excluding tert-OH is 1. The lowest BCUT2D eigenvalue weighted by atomic mass is 9.76. The summed E-state index contributed by atoms with van der Waals surface area (Å²) in [6.45, 7) is 3.64. The largest absolute Gasteiger partial charge is 0.392 e. The summed E-state index contributed by atoms with van der Waals surface area (Å²) < 4.78 is 0. The Morgan fingerprint density at radius 2 is 1.88 bits per heavy atom. The van der Waals surface area contributed by atoms with Gasteiger partial charge in [-0.05, 0) is 37.5 Å². The van der Waals surface area contributed by atoms with E-state index >= 15 is 0 Å². The van der Waals surface area contributed by atoms with Crippen molar-refractivity contribution in [2.24, 2.45) is 11.8 Å². The average Bonchev–Trinajstić information content (AvgIpc) is 3.34. The molecule has 2 aromatic carbocycles. The molecule has 0 aliphatic carbocycles. The molecule has 0 unspecified atom stereocenters.